The third-order valence-electron chi connectivity index (χ3n) is 5.06. The highest BCUT2D eigenvalue weighted by molar-refractivity contribution is 5.82. The summed E-state index contributed by atoms with van der Waals surface area (Å²) in [6.45, 7) is 7.08. The molecule has 1 saturated heterocycles. The van der Waals surface area contributed by atoms with Gasteiger partial charge in [0, 0.05) is 24.9 Å². The first-order chi connectivity index (χ1) is 9.22. The van der Waals surface area contributed by atoms with Gasteiger partial charge in [-0.2, -0.15) is 0 Å². The van der Waals surface area contributed by atoms with Crippen LogP contribution in [0.25, 0.3) is 0 Å². The van der Waals surface area contributed by atoms with E-state index in [4.69, 9.17) is 0 Å². The summed E-state index contributed by atoms with van der Waals surface area (Å²) in [6.07, 6.45) is 10.9. The third kappa shape index (κ3) is 4.05. The van der Waals surface area contributed by atoms with Crippen LogP contribution in [0.1, 0.15) is 71.6 Å². The monoisotopic (exact) mass is 265 g/mol. The fourth-order valence-electron chi connectivity index (χ4n) is 4.10. The smallest absolute Gasteiger partial charge is 0.137 e. The minimum Gasteiger partial charge on any atom is -0.299 e. The fraction of sp³-hybridized carbons (Fsp3) is 0.941. The van der Waals surface area contributed by atoms with E-state index >= 15 is 0 Å². The van der Waals surface area contributed by atoms with Gasteiger partial charge < -0.3 is 0 Å². The lowest BCUT2D eigenvalue weighted by Crippen LogP contribution is -2.48. The molecule has 0 N–H and O–H groups in total. The molecule has 3 unspecified atom stereocenters. The minimum absolute atomic E-state index is 0.364. The van der Waals surface area contributed by atoms with Crippen LogP contribution >= 0.6 is 0 Å². The van der Waals surface area contributed by atoms with Crippen molar-refractivity contribution in [3.05, 3.63) is 0 Å². The lowest BCUT2D eigenvalue weighted by molar-refractivity contribution is -0.127. The van der Waals surface area contributed by atoms with Crippen LogP contribution in [0.15, 0.2) is 0 Å². The maximum Gasteiger partial charge on any atom is 0.137 e. The number of rotatable bonds is 5. The Labute approximate surface area is 118 Å². The molecular formula is C17H31NO. The second kappa shape index (κ2) is 7.42. The predicted octanol–water partition coefficient (Wildman–Crippen LogP) is 4.04. The van der Waals surface area contributed by atoms with Gasteiger partial charge >= 0.3 is 0 Å². The van der Waals surface area contributed by atoms with Gasteiger partial charge in [-0.15, -0.1) is 0 Å². The molecule has 2 fully saturated rings. The molecule has 0 radical (unpaired) electrons. The van der Waals surface area contributed by atoms with Crippen molar-refractivity contribution in [3.63, 3.8) is 0 Å². The van der Waals surface area contributed by atoms with E-state index in [1.54, 1.807) is 0 Å². The summed E-state index contributed by atoms with van der Waals surface area (Å²) < 4.78 is 0. The first-order valence-electron chi connectivity index (χ1n) is 8.49. The van der Waals surface area contributed by atoms with Gasteiger partial charge in [0.15, 0.2) is 0 Å². The molecule has 0 spiro atoms. The Morgan fingerprint density at radius 2 is 2.00 bits per heavy atom. The number of hydrogen-bond donors (Lipinski definition) is 0. The zero-order valence-electron chi connectivity index (χ0n) is 12.9. The van der Waals surface area contributed by atoms with Crippen LogP contribution < -0.4 is 0 Å². The predicted molar refractivity (Wildman–Crippen MR) is 80.2 cm³/mol. The van der Waals surface area contributed by atoms with Gasteiger partial charge in [-0.1, -0.05) is 33.1 Å². The molecule has 1 aliphatic carbocycles. The van der Waals surface area contributed by atoms with Gasteiger partial charge in [0.05, 0.1) is 0 Å². The number of carbonyl (C=O) groups is 1. The first kappa shape index (κ1) is 15.0. The van der Waals surface area contributed by atoms with Crippen LogP contribution in [0, 0.1) is 11.8 Å². The molecule has 19 heavy (non-hydrogen) atoms. The Bertz CT molecular complexity index is 289. The van der Waals surface area contributed by atoms with Gasteiger partial charge in [-0.05, 0) is 44.6 Å². The summed E-state index contributed by atoms with van der Waals surface area (Å²) in [4.78, 5) is 14.9. The van der Waals surface area contributed by atoms with Crippen molar-refractivity contribution in [2.24, 2.45) is 11.8 Å². The molecule has 1 aliphatic heterocycles. The molecule has 2 rings (SSSR count). The van der Waals surface area contributed by atoms with Crippen molar-refractivity contribution in [2.75, 3.05) is 13.1 Å². The van der Waals surface area contributed by atoms with Gasteiger partial charge in [0.2, 0.25) is 0 Å². The van der Waals surface area contributed by atoms with Gasteiger partial charge in [0.25, 0.3) is 0 Å². The van der Waals surface area contributed by atoms with Crippen LogP contribution in [0.5, 0.6) is 0 Å². The number of nitrogens with zero attached hydrogens (tertiary/aromatic N) is 1. The SMILES string of the molecule is CCCC(C)CN1CCCCC1C1CCCCC1=O. The molecule has 0 aromatic carbocycles. The first-order valence-corrected chi connectivity index (χ1v) is 8.49. The van der Waals surface area contributed by atoms with Crippen molar-refractivity contribution in [1.29, 1.82) is 0 Å². The molecule has 1 saturated carbocycles. The standard InChI is InChI=1S/C17H31NO/c1-3-8-14(2)13-18-12-7-6-10-16(18)15-9-4-5-11-17(15)19/h14-16H,3-13H2,1-2H3. The lowest BCUT2D eigenvalue weighted by Gasteiger charge is -2.42. The number of carbonyl (C=O) groups excluding carboxylic acids is 1. The van der Waals surface area contributed by atoms with E-state index in [9.17, 15) is 4.79 Å². The van der Waals surface area contributed by atoms with Crippen LogP contribution in [-0.4, -0.2) is 29.8 Å². The van der Waals surface area contributed by atoms with Gasteiger partial charge in [-0.25, -0.2) is 0 Å². The van der Waals surface area contributed by atoms with E-state index in [2.05, 4.69) is 18.7 Å². The lowest BCUT2D eigenvalue weighted by atomic mass is 9.78. The molecule has 3 atom stereocenters. The summed E-state index contributed by atoms with van der Waals surface area (Å²) in [7, 11) is 0. The zero-order valence-corrected chi connectivity index (χ0v) is 12.9. The average Bonchev–Trinajstić information content (AvgIpc) is 2.40. The maximum absolute atomic E-state index is 12.2. The van der Waals surface area contributed by atoms with E-state index in [-0.39, 0.29) is 0 Å². The zero-order chi connectivity index (χ0) is 13.7. The molecule has 0 bridgehead atoms. The van der Waals surface area contributed by atoms with E-state index in [1.165, 1.54) is 51.6 Å². The molecule has 1 heterocycles. The maximum atomic E-state index is 12.2. The minimum atomic E-state index is 0.364. The average molecular weight is 265 g/mol. The second-order valence-electron chi connectivity index (χ2n) is 6.77. The third-order valence-corrected chi connectivity index (χ3v) is 5.06. The van der Waals surface area contributed by atoms with Crippen LogP contribution in [0.4, 0.5) is 0 Å². The number of likely N-dealkylation sites (tertiary alicyclic amines) is 1. The number of piperidine rings is 1. The van der Waals surface area contributed by atoms with E-state index in [1.807, 2.05) is 0 Å². The number of ketones is 1. The van der Waals surface area contributed by atoms with Crippen LogP contribution in [0.3, 0.4) is 0 Å². The van der Waals surface area contributed by atoms with Crippen LogP contribution in [-0.2, 0) is 4.79 Å². The topological polar surface area (TPSA) is 20.3 Å². The molecular weight excluding hydrogens is 234 g/mol. The van der Waals surface area contributed by atoms with Gasteiger partial charge in [-0.3, -0.25) is 9.69 Å². The molecule has 2 heteroatoms. The summed E-state index contributed by atoms with van der Waals surface area (Å²) in [5.74, 6) is 1.71. The quantitative estimate of drug-likeness (QED) is 0.748. The molecule has 110 valence electrons. The Morgan fingerprint density at radius 3 is 2.74 bits per heavy atom. The van der Waals surface area contributed by atoms with E-state index < -0.39 is 0 Å². The highest BCUT2D eigenvalue weighted by Gasteiger charge is 2.35. The van der Waals surface area contributed by atoms with Crippen molar-refractivity contribution >= 4 is 5.78 Å². The van der Waals surface area contributed by atoms with E-state index in [0.717, 1.165) is 25.2 Å². The molecule has 0 aromatic heterocycles. The van der Waals surface area contributed by atoms with Gasteiger partial charge in [0.1, 0.15) is 5.78 Å². The second-order valence-corrected chi connectivity index (χ2v) is 6.77. The van der Waals surface area contributed by atoms with E-state index in [0.29, 0.717) is 17.7 Å². The van der Waals surface area contributed by atoms with Crippen molar-refractivity contribution in [2.45, 2.75) is 77.7 Å². The van der Waals surface area contributed by atoms with Crippen LogP contribution in [0.2, 0.25) is 0 Å². The Hall–Kier alpha value is -0.370. The fourth-order valence-corrected chi connectivity index (χ4v) is 4.10. The Kier molecular flexibility index (Phi) is 5.87. The molecule has 0 amide bonds. The number of Topliss-reactive ketones (excluding diaryl/α,β-unsaturated/α-hetero) is 1. The Balaban J connectivity index is 1.96. The van der Waals surface area contributed by atoms with Crippen molar-refractivity contribution in [3.8, 4) is 0 Å². The number of hydrogen-bond acceptors (Lipinski definition) is 2. The summed E-state index contributed by atoms with van der Waals surface area (Å²) in [5.41, 5.74) is 0. The summed E-state index contributed by atoms with van der Waals surface area (Å²) in [5, 5.41) is 0. The highest BCUT2D eigenvalue weighted by atomic mass is 16.1. The van der Waals surface area contributed by atoms with Crippen molar-refractivity contribution in [1.82, 2.24) is 4.90 Å². The summed E-state index contributed by atoms with van der Waals surface area (Å²) in [6, 6.07) is 0.570. The molecule has 2 aliphatic rings. The molecule has 2 nitrogen and oxygen atoms in total. The summed E-state index contributed by atoms with van der Waals surface area (Å²) >= 11 is 0. The Morgan fingerprint density at radius 1 is 1.21 bits per heavy atom. The molecule has 0 aromatic rings. The van der Waals surface area contributed by atoms with Crippen molar-refractivity contribution < 1.29 is 4.79 Å². The normalized spacial score (nSPS) is 31.4. The largest absolute Gasteiger partial charge is 0.299 e. The highest BCUT2D eigenvalue weighted by Crippen LogP contribution is 2.32.